The lowest BCUT2D eigenvalue weighted by atomic mass is 10.2. The molecular formula is C10H10Cl2FN3O. The van der Waals surface area contributed by atoms with Gasteiger partial charge in [-0.25, -0.2) is 9.38 Å². The van der Waals surface area contributed by atoms with Crippen molar-refractivity contribution in [3.05, 3.63) is 23.0 Å². The first-order valence-electron chi connectivity index (χ1n) is 4.59. The molecule has 0 aromatic heterocycles. The average molecular weight is 278 g/mol. The molecule has 0 aliphatic carbocycles. The lowest BCUT2D eigenvalue weighted by Gasteiger charge is -2.08. The SMILES string of the molecule is CC(=O)Nc1cc(Cl)c(F)cc1N=C(N)CCl. The van der Waals surface area contributed by atoms with Crippen LogP contribution in [0.25, 0.3) is 0 Å². The summed E-state index contributed by atoms with van der Waals surface area (Å²) in [6.45, 7) is 1.32. The fourth-order valence-corrected chi connectivity index (χ4v) is 1.33. The Bertz CT molecular complexity index is 477. The first-order chi connectivity index (χ1) is 7.93. The molecule has 0 radical (unpaired) electrons. The molecule has 0 unspecified atom stereocenters. The van der Waals surface area contributed by atoms with Crippen LogP contribution in [0.5, 0.6) is 0 Å². The average Bonchev–Trinajstić information content (AvgIpc) is 2.24. The van der Waals surface area contributed by atoms with Crippen molar-refractivity contribution in [2.45, 2.75) is 6.92 Å². The first kappa shape index (κ1) is 13.7. The van der Waals surface area contributed by atoms with Gasteiger partial charge in [0.25, 0.3) is 0 Å². The normalized spacial score (nSPS) is 11.4. The second-order valence-electron chi connectivity index (χ2n) is 3.20. The number of benzene rings is 1. The van der Waals surface area contributed by atoms with Crippen LogP contribution in [0.3, 0.4) is 0 Å². The second-order valence-corrected chi connectivity index (χ2v) is 3.88. The van der Waals surface area contributed by atoms with Crippen LogP contribution in [-0.2, 0) is 4.79 Å². The van der Waals surface area contributed by atoms with Gasteiger partial charge in [0.05, 0.1) is 22.3 Å². The summed E-state index contributed by atoms with van der Waals surface area (Å²) in [5.41, 5.74) is 5.88. The van der Waals surface area contributed by atoms with Crippen molar-refractivity contribution in [2.24, 2.45) is 10.7 Å². The van der Waals surface area contributed by atoms with E-state index in [9.17, 15) is 9.18 Å². The lowest BCUT2D eigenvalue weighted by molar-refractivity contribution is -0.114. The van der Waals surface area contributed by atoms with Crippen LogP contribution in [-0.4, -0.2) is 17.6 Å². The largest absolute Gasteiger partial charge is 0.386 e. The number of amidine groups is 1. The Morgan fingerprint density at radius 1 is 1.59 bits per heavy atom. The zero-order valence-electron chi connectivity index (χ0n) is 8.93. The summed E-state index contributed by atoms with van der Waals surface area (Å²) in [5, 5.41) is 2.36. The van der Waals surface area contributed by atoms with Crippen molar-refractivity contribution < 1.29 is 9.18 Å². The minimum absolute atomic E-state index is 0.00373. The van der Waals surface area contributed by atoms with Crippen molar-refractivity contribution in [3.63, 3.8) is 0 Å². The Kier molecular flexibility index (Phi) is 4.72. The lowest BCUT2D eigenvalue weighted by Crippen LogP contribution is -2.13. The Morgan fingerprint density at radius 3 is 2.76 bits per heavy atom. The highest BCUT2D eigenvalue weighted by atomic mass is 35.5. The van der Waals surface area contributed by atoms with Crippen LogP contribution in [0, 0.1) is 5.82 Å². The standard InChI is InChI=1S/C10H10Cl2FN3O/c1-5(17)15-8-2-6(12)7(13)3-9(8)16-10(14)4-11/h2-3H,4H2,1H3,(H2,14,16)(H,15,17). The van der Waals surface area contributed by atoms with E-state index in [0.717, 1.165) is 6.07 Å². The molecule has 1 amide bonds. The molecule has 0 fully saturated rings. The number of nitrogens with zero attached hydrogens (tertiary/aromatic N) is 1. The maximum Gasteiger partial charge on any atom is 0.221 e. The number of hydrogen-bond acceptors (Lipinski definition) is 2. The molecule has 0 spiro atoms. The predicted molar refractivity (Wildman–Crippen MR) is 67.7 cm³/mol. The Balaban J connectivity index is 3.25. The molecule has 0 bridgehead atoms. The van der Waals surface area contributed by atoms with E-state index in [-0.39, 0.29) is 34.0 Å². The molecule has 0 aliphatic heterocycles. The van der Waals surface area contributed by atoms with E-state index >= 15 is 0 Å². The van der Waals surface area contributed by atoms with Crippen LogP contribution in [0.1, 0.15) is 6.92 Å². The molecule has 0 heterocycles. The highest BCUT2D eigenvalue weighted by Gasteiger charge is 2.09. The summed E-state index contributed by atoms with van der Waals surface area (Å²) in [4.78, 5) is 14.8. The molecule has 7 heteroatoms. The number of nitrogens with one attached hydrogen (secondary N) is 1. The van der Waals surface area contributed by atoms with Crippen LogP contribution in [0.4, 0.5) is 15.8 Å². The molecule has 1 aromatic rings. The fraction of sp³-hybridized carbons (Fsp3) is 0.200. The monoisotopic (exact) mass is 277 g/mol. The van der Waals surface area contributed by atoms with Crippen LogP contribution in [0.15, 0.2) is 17.1 Å². The van der Waals surface area contributed by atoms with Gasteiger partial charge in [-0.3, -0.25) is 4.79 Å². The minimum atomic E-state index is -0.651. The quantitative estimate of drug-likeness (QED) is 0.507. The maximum absolute atomic E-state index is 13.3. The number of aliphatic imine (C=N–C) groups is 1. The van der Waals surface area contributed by atoms with E-state index in [1.807, 2.05) is 0 Å². The molecule has 0 atom stereocenters. The van der Waals surface area contributed by atoms with E-state index in [2.05, 4.69) is 10.3 Å². The van der Waals surface area contributed by atoms with Gasteiger partial charge in [0.15, 0.2) is 0 Å². The number of carbonyl (C=O) groups is 1. The van der Waals surface area contributed by atoms with Gasteiger partial charge in [-0.05, 0) is 6.07 Å². The van der Waals surface area contributed by atoms with E-state index in [0.29, 0.717) is 0 Å². The molecule has 92 valence electrons. The third-order valence-electron chi connectivity index (χ3n) is 1.75. The number of anilines is 1. The summed E-state index contributed by atoms with van der Waals surface area (Å²) in [6.07, 6.45) is 0. The molecule has 0 saturated carbocycles. The van der Waals surface area contributed by atoms with Gasteiger partial charge in [0.1, 0.15) is 11.7 Å². The van der Waals surface area contributed by atoms with Gasteiger partial charge in [-0.15, -0.1) is 11.6 Å². The summed E-state index contributed by atoms with van der Waals surface area (Å²) in [5.74, 6) is -0.862. The van der Waals surface area contributed by atoms with Crippen LogP contribution >= 0.6 is 23.2 Å². The third kappa shape index (κ3) is 3.87. The van der Waals surface area contributed by atoms with Gasteiger partial charge in [-0.1, -0.05) is 11.6 Å². The number of hydrogen-bond donors (Lipinski definition) is 2. The Labute approximate surface area is 108 Å². The predicted octanol–water partition coefficient (Wildman–Crippen LogP) is 2.67. The minimum Gasteiger partial charge on any atom is -0.386 e. The Hall–Kier alpha value is -1.33. The van der Waals surface area contributed by atoms with Gasteiger partial charge in [0.2, 0.25) is 5.91 Å². The van der Waals surface area contributed by atoms with E-state index in [1.165, 1.54) is 13.0 Å². The van der Waals surface area contributed by atoms with Gasteiger partial charge < -0.3 is 11.1 Å². The second kappa shape index (κ2) is 5.84. The molecular weight excluding hydrogens is 268 g/mol. The van der Waals surface area contributed by atoms with Gasteiger partial charge in [-0.2, -0.15) is 0 Å². The molecule has 0 saturated heterocycles. The van der Waals surface area contributed by atoms with E-state index in [1.54, 1.807) is 0 Å². The topological polar surface area (TPSA) is 67.5 Å². The summed E-state index contributed by atoms with van der Waals surface area (Å²) in [7, 11) is 0. The number of rotatable bonds is 3. The number of nitrogens with two attached hydrogens (primary N) is 1. The molecule has 0 aliphatic rings. The molecule has 1 aromatic carbocycles. The molecule has 3 N–H and O–H groups in total. The maximum atomic E-state index is 13.3. The van der Waals surface area contributed by atoms with Crippen molar-refractivity contribution in [1.82, 2.24) is 0 Å². The molecule has 17 heavy (non-hydrogen) atoms. The van der Waals surface area contributed by atoms with Crippen molar-refractivity contribution in [3.8, 4) is 0 Å². The fourth-order valence-electron chi connectivity index (χ4n) is 1.10. The Morgan fingerprint density at radius 2 is 2.24 bits per heavy atom. The third-order valence-corrected chi connectivity index (χ3v) is 2.31. The zero-order chi connectivity index (χ0) is 13.0. The van der Waals surface area contributed by atoms with Crippen LogP contribution < -0.4 is 11.1 Å². The van der Waals surface area contributed by atoms with Gasteiger partial charge in [0, 0.05) is 13.0 Å². The van der Waals surface area contributed by atoms with Gasteiger partial charge >= 0.3 is 0 Å². The van der Waals surface area contributed by atoms with Crippen LogP contribution in [0.2, 0.25) is 5.02 Å². The number of amides is 1. The van der Waals surface area contributed by atoms with Crippen molar-refractivity contribution >= 4 is 46.3 Å². The zero-order valence-corrected chi connectivity index (χ0v) is 10.4. The summed E-state index contributed by atoms with van der Waals surface area (Å²) >= 11 is 11.1. The smallest absolute Gasteiger partial charge is 0.221 e. The van der Waals surface area contributed by atoms with E-state index in [4.69, 9.17) is 28.9 Å². The highest BCUT2D eigenvalue weighted by molar-refractivity contribution is 6.31. The first-order valence-corrected chi connectivity index (χ1v) is 5.51. The van der Waals surface area contributed by atoms with Crippen molar-refractivity contribution in [2.75, 3.05) is 11.2 Å². The molecule has 4 nitrogen and oxygen atoms in total. The van der Waals surface area contributed by atoms with Crippen molar-refractivity contribution in [1.29, 1.82) is 0 Å². The number of carbonyl (C=O) groups excluding carboxylic acids is 1. The number of halogens is 3. The van der Waals surface area contributed by atoms with E-state index < -0.39 is 5.82 Å². The summed E-state index contributed by atoms with van der Waals surface area (Å²) < 4.78 is 13.3. The highest BCUT2D eigenvalue weighted by Crippen LogP contribution is 2.30. The molecule has 1 rings (SSSR count). The number of alkyl halides is 1. The summed E-state index contributed by atoms with van der Waals surface area (Å²) in [6, 6.07) is 2.34.